The van der Waals surface area contributed by atoms with Crippen molar-refractivity contribution in [1.82, 2.24) is 9.97 Å². The van der Waals surface area contributed by atoms with Gasteiger partial charge in [-0.2, -0.15) is 0 Å². The van der Waals surface area contributed by atoms with Gasteiger partial charge in [0.15, 0.2) is 0 Å². The second kappa shape index (κ2) is 4.02. The van der Waals surface area contributed by atoms with Crippen molar-refractivity contribution in [2.24, 2.45) is 0 Å². The van der Waals surface area contributed by atoms with Crippen molar-refractivity contribution in [3.8, 4) is 0 Å². The average molecular weight is 232 g/mol. The summed E-state index contributed by atoms with van der Waals surface area (Å²) < 4.78 is 0. The van der Waals surface area contributed by atoms with Crippen LogP contribution in [0.5, 0.6) is 0 Å². The predicted octanol–water partition coefficient (Wildman–Crippen LogP) is 2.62. The first-order chi connectivity index (χ1) is 7.95. The van der Waals surface area contributed by atoms with E-state index in [4.69, 9.17) is 0 Å². The van der Waals surface area contributed by atoms with Crippen LogP contribution in [0, 0.1) is 0 Å². The molecule has 3 rings (SSSR count). The van der Waals surface area contributed by atoms with Crippen LogP contribution >= 0.6 is 11.3 Å². The molecular weight excluding hydrogens is 220 g/mol. The Bertz CT molecular complexity index is 460. The van der Waals surface area contributed by atoms with Gasteiger partial charge in [-0.1, -0.05) is 6.08 Å². The van der Waals surface area contributed by atoms with Gasteiger partial charge in [-0.25, -0.2) is 15.0 Å². The minimum absolute atomic E-state index is 0.887. The topological polar surface area (TPSA) is 35.2 Å². The Hall–Kier alpha value is -1.75. The lowest BCUT2D eigenvalue weighted by Crippen LogP contribution is -2.42. The van der Waals surface area contributed by atoms with Gasteiger partial charge >= 0.3 is 0 Å². The average Bonchev–Trinajstić information content (AvgIpc) is 3.03. The highest BCUT2D eigenvalue weighted by atomic mass is 32.1. The SMILES string of the molecule is C1=CN(c2cccs2)N(c2ncc[nH]2)CC1. The zero-order valence-electron chi connectivity index (χ0n) is 8.71. The quantitative estimate of drug-likeness (QED) is 0.864. The third-order valence-electron chi connectivity index (χ3n) is 2.47. The van der Waals surface area contributed by atoms with Gasteiger partial charge < -0.3 is 4.98 Å². The summed E-state index contributed by atoms with van der Waals surface area (Å²) in [5, 5.41) is 7.56. The molecule has 0 unspecified atom stereocenters. The van der Waals surface area contributed by atoms with E-state index in [2.05, 4.69) is 49.8 Å². The molecule has 16 heavy (non-hydrogen) atoms. The highest BCUT2D eigenvalue weighted by Crippen LogP contribution is 2.27. The van der Waals surface area contributed by atoms with Gasteiger partial charge in [-0.15, -0.1) is 11.3 Å². The van der Waals surface area contributed by atoms with Gasteiger partial charge in [0.05, 0.1) is 0 Å². The van der Waals surface area contributed by atoms with Crippen LogP contribution in [0.15, 0.2) is 42.2 Å². The molecule has 4 nitrogen and oxygen atoms in total. The molecule has 0 fully saturated rings. The fourth-order valence-electron chi connectivity index (χ4n) is 1.76. The maximum absolute atomic E-state index is 4.30. The molecule has 0 aromatic carbocycles. The summed E-state index contributed by atoms with van der Waals surface area (Å²) >= 11 is 1.72. The molecule has 0 radical (unpaired) electrons. The van der Waals surface area contributed by atoms with Crippen LogP contribution < -0.4 is 10.0 Å². The van der Waals surface area contributed by atoms with Crippen LogP contribution in [0.1, 0.15) is 6.42 Å². The van der Waals surface area contributed by atoms with Gasteiger partial charge in [0.2, 0.25) is 5.95 Å². The number of hydrogen-bond acceptors (Lipinski definition) is 4. The van der Waals surface area contributed by atoms with E-state index < -0.39 is 0 Å². The number of aromatic nitrogens is 2. The van der Waals surface area contributed by atoms with Gasteiger partial charge in [0.1, 0.15) is 5.00 Å². The number of H-pyrrole nitrogens is 1. The van der Waals surface area contributed by atoms with Crippen LogP contribution in [-0.2, 0) is 0 Å². The minimum Gasteiger partial charge on any atom is -0.330 e. The third-order valence-corrected chi connectivity index (χ3v) is 3.33. The van der Waals surface area contributed by atoms with Crippen molar-refractivity contribution in [2.75, 3.05) is 16.6 Å². The molecule has 2 aromatic rings. The Labute approximate surface area is 97.8 Å². The molecule has 0 bridgehead atoms. The van der Waals surface area contributed by atoms with Gasteiger partial charge in [-0.05, 0) is 23.9 Å². The fourth-order valence-corrected chi connectivity index (χ4v) is 2.48. The standard InChI is InChI=1S/C11H12N4S/c1-2-8-15(11-12-5-6-13-11)14(7-1)10-4-3-9-16-10/h1,3-7,9H,2,8H2,(H,12,13). The molecule has 0 saturated heterocycles. The van der Waals surface area contributed by atoms with Crippen LogP contribution in [-0.4, -0.2) is 16.5 Å². The summed E-state index contributed by atoms with van der Waals surface area (Å²) in [7, 11) is 0. The van der Waals surface area contributed by atoms with Crippen molar-refractivity contribution in [3.63, 3.8) is 0 Å². The minimum atomic E-state index is 0.887. The Morgan fingerprint density at radius 3 is 3.19 bits per heavy atom. The highest BCUT2D eigenvalue weighted by molar-refractivity contribution is 7.14. The first-order valence-electron chi connectivity index (χ1n) is 5.21. The molecule has 1 aliphatic heterocycles. The van der Waals surface area contributed by atoms with Crippen molar-refractivity contribution in [2.45, 2.75) is 6.42 Å². The number of nitrogens with one attached hydrogen (secondary N) is 1. The monoisotopic (exact) mass is 232 g/mol. The molecule has 0 aliphatic carbocycles. The smallest absolute Gasteiger partial charge is 0.222 e. The Morgan fingerprint density at radius 1 is 1.44 bits per heavy atom. The number of thiophene rings is 1. The fraction of sp³-hybridized carbons (Fsp3) is 0.182. The largest absolute Gasteiger partial charge is 0.330 e. The normalized spacial score (nSPS) is 15.8. The molecule has 0 saturated carbocycles. The number of hydrogen-bond donors (Lipinski definition) is 1. The molecule has 0 atom stereocenters. The Morgan fingerprint density at radius 2 is 2.44 bits per heavy atom. The molecule has 0 amide bonds. The summed E-state index contributed by atoms with van der Waals surface area (Å²) in [6.45, 7) is 0.946. The Kier molecular flexibility index (Phi) is 2.38. The first-order valence-corrected chi connectivity index (χ1v) is 6.09. The van der Waals surface area contributed by atoms with E-state index in [1.54, 1.807) is 17.5 Å². The van der Waals surface area contributed by atoms with E-state index in [0.29, 0.717) is 0 Å². The van der Waals surface area contributed by atoms with Crippen molar-refractivity contribution in [1.29, 1.82) is 0 Å². The maximum Gasteiger partial charge on any atom is 0.222 e. The number of imidazole rings is 1. The predicted molar refractivity (Wildman–Crippen MR) is 66.5 cm³/mol. The molecule has 3 heterocycles. The van der Waals surface area contributed by atoms with E-state index in [0.717, 1.165) is 18.9 Å². The van der Waals surface area contributed by atoms with Crippen LogP contribution in [0.2, 0.25) is 0 Å². The maximum atomic E-state index is 4.30. The van der Waals surface area contributed by atoms with Crippen molar-refractivity contribution >= 4 is 22.3 Å². The van der Waals surface area contributed by atoms with Gasteiger partial charge in [0, 0.05) is 25.1 Å². The number of aromatic amines is 1. The second-order valence-corrected chi connectivity index (χ2v) is 4.43. The van der Waals surface area contributed by atoms with Crippen LogP contribution in [0.25, 0.3) is 0 Å². The number of rotatable bonds is 2. The summed E-state index contributed by atoms with van der Waals surface area (Å²) in [4.78, 5) is 7.44. The summed E-state index contributed by atoms with van der Waals surface area (Å²) in [5.74, 6) is 0.887. The number of hydrazine groups is 1. The zero-order chi connectivity index (χ0) is 10.8. The number of anilines is 2. The molecule has 5 heteroatoms. The van der Waals surface area contributed by atoms with E-state index in [-0.39, 0.29) is 0 Å². The molecule has 0 spiro atoms. The molecule has 1 aliphatic rings. The lowest BCUT2D eigenvalue weighted by atomic mass is 10.3. The zero-order valence-corrected chi connectivity index (χ0v) is 9.52. The van der Waals surface area contributed by atoms with Gasteiger partial charge in [-0.3, -0.25) is 0 Å². The summed E-state index contributed by atoms with van der Waals surface area (Å²) in [6.07, 6.45) is 8.94. The second-order valence-electron chi connectivity index (χ2n) is 3.51. The van der Waals surface area contributed by atoms with Crippen LogP contribution in [0.4, 0.5) is 10.9 Å². The molecular formula is C11H12N4S. The lowest BCUT2D eigenvalue weighted by molar-refractivity contribution is 0.750. The molecule has 82 valence electrons. The van der Waals surface area contributed by atoms with Gasteiger partial charge in [0.25, 0.3) is 0 Å². The third kappa shape index (κ3) is 1.59. The first kappa shape index (κ1) is 9.47. The molecule has 1 N–H and O–H groups in total. The molecule has 2 aromatic heterocycles. The van der Waals surface area contributed by atoms with E-state index in [1.807, 2.05) is 6.20 Å². The van der Waals surface area contributed by atoms with E-state index in [1.165, 1.54) is 5.00 Å². The van der Waals surface area contributed by atoms with E-state index >= 15 is 0 Å². The summed E-state index contributed by atoms with van der Waals surface area (Å²) in [6, 6.07) is 4.17. The highest BCUT2D eigenvalue weighted by Gasteiger charge is 2.19. The lowest BCUT2D eigenvalue weighted by Gasteiger charge is -2.34. The number of nitrogens with zero attached hydrogens (tertiary/aromatic N) is 3. The van der Waals surface area contributed by atoms with Crippen LogP contribution in [0.3, 0.4) is 0 Å². The van der Waals surface area contributed by atoms with E-state index in [9.17, 15) is 0 Å². The van der Waals surface area contributed by atoms with Crippen molar-refractivity contribution < 1.29 is 0 Å². The Balaban J connectivity index is 1.95. The van der Waals surface area contributed by atoms with Crippen molar-refractivity contribution in [3.05, 3.63) is 42.2 Å². The summed E-state index contributed by atoms with van der Waals surface area (Å²) in [5.41, 5.74) is 0.